The van der Waals surface area contributed by atoms with E-state index in [1.807, 2.05) is 22.7 Å². The zero-order valence-electron chi connectivity index (χ0n) is 10.5. The summed E-state index contributed by atoms with van der Waals surface area (Å²) in [4.78, 5) is 5.55. The van der Waals surface area contributed by atoms with E-state index in [2.05, 4.69) is 33.9 Å². The fourth-order valence-electron chi connectivity index (χ4n) is 2.60. The molecule has 18 heavy (non-hydrogen) atoms. The van der Waals surface area contributed by atoms with Gasteiger partial charge in [-0.15, -0.1) is 22.7 Å². The van der Waals surface area contributed by atoms with Crippen LogP contribution in [-0.4, -0.2) is 31.7 Å². The van der Waals surface area contributed by atoms with Crippen molar-refractivity contribution in [3.8, 4) is 0 Å². The molecule has 3 rings (SSSR count). The minimum absolute atomic E-state index is 0.440. The van der Waals surface area contributed by atoms with Crippen LogP contribution < -0.4 is 0 Å². The first kappa shape index (κ1) is 12.4. The van der Waals surface area contributed by atoms with Gasteiger partial charge in [-0.05, 0) is 34.9 Å². The summed E-state index contributed by atoms with van der Waals surface area (Å²) in [6, 6.07) is 7.13. The van der Waals surface area contributed by atoms with Crippen molar-refractivity contribution in [2.45, 2.75) is 12.5 Å². The van der Waals surface area contributed by atoms with Crippen molar-refractivity contribution in [1.82, 2.24) is 4.90 Å². The van der Waals surface area contributed by atoms with Crippen LogP contribution in [0.3, 0.4) is 0 Å². The number of fused-ring (bicyclic) bond motifs is 1. The smallest absolute Gasteiger partial charge is 0.0707 e. The molecule has 0 amide bonds. The van der Waals surface area contributed by atoms with Crippen LogP contribution in [-0.2, 0) is 11.2 Å². The largest absolute Gasteiger partial charge is 0.383 e. The SMILES string of the molecule is COCCN1CCc2sccc2[C@H]1c1cccs1. The first-order chi connectivity index (χ1) is 8.90. The van der Waals surface area contributed by atoms with Crippen molar-refractivity contribution in [2.24, 2.45) is 0 Å². The molecule has 0 radical (unpaired) electrons. The van der Waals surface area contributed by atoms with E-state index >= 15 is 0 Å². The van der Waals surface area contributed by atoms with Crippen molar-refractivity contribution < 1.29 is 4.74 Å². The normalized spacial score (nSPS) is 19.9. The Morgan fingerprint density at radius 2 is 2.28 bits per heavy atom. The van der Waals surface area contributed by atoms with Crippen LogP contribution in [0.5, 0.6) is 0 Å². The Morgan fingerprint density at radius 3 is 3.06 bits per heavy atom. The minimum atomic E-state index is 0.440. The van der Waals surface area contributed by atoms with E-state index in [1.165, 1.54) is 16.9 Å². The maximum atomic E-state index is 5.24. The van der Waals surface area contributed by atoms with E-state index in [1.54, 1.807) is 12.0 Å². The first-order valence-electron chi connectivity index (χ1n) is 6.23. The highest BCUT2D eigenvalue weighted by molar-refractivity contribution is 7.10. The lowest BCUT2D eigenvalue weighted by molar-refractivity contribution is 0.127. The van der Waals surface area contributed by atoms with Gasteiger partial charge in [0, 0.05) is 30.0 Å². The van der Waals surface area contributed by atoms with Crippen LogP contribution in [0.25, 0.3) is 0 Å². The summed E-state index contributed by atoms with van der Waals surface area (Å²) in [7, 11) is 1.78. The maximum absolute atomic E-state index is 5.24. The van der Waals surface area contributed by atoms with Gasteiger partial charge in [-0.1, -0.05) is 6.07 Å². The monoisotopic (exact) mass is 279 g/mol. The number of methoxy groups -OCH3 is 1. The third-order valence-corrected chi connectivity index (χ3v) is 5.38. The van der Waals surface area contributed by atoms with E-state index in [-0.39, 0.29) is 0 Å². The minimum Gasteiger partial charge on any atom is -0.383 e. The van der Waals surface area contributed by atoms with Crippen LogP contribution in [0.2, 0.25) is 0 Å². The van der Waals surface area contributed by atoms with Gasteiger partial charge in [0.1, 0.15) is 0 Å². The Kier molecular flexibility index (Phi) is 3.80. The average Bonchev–Trinajstić information content (AvgIpc) is 3.06. The Hall–Kier alpha value is -0.680. The molecule has 0 saturated heterocycles. The summed E-state index contributed by atoms with van der Waals surface area (Å²) in [5, 5.41) is 4.40. The Bertz CT molecular complexity index is 492. The topological polar surface area (TPSA) is 12.5 Å². The number of nitrogens with zero attached hydrogens (tertiary/aromatic N) is 1. The summed E-state index contributed by atoms with van der Waals surface area (Å²) in [6.45, 7) is 2.95. The number of rotatable bonds is 4. The van der Waals surface area contributed by atoms with Gasteiger partial charge in [0.25, 0.3) is 0 Å². The molecule has 2 aromatic rings. The molecular formula is C14H17NOS2. The van der Waals surface area contributed by atoms with Gasteiger partial charge in [0.05, 0.1) is 12.6 Å². The number of hydrogen-bond acceptors (Lipinski definition) is 4. The quantitative estimate of drug-likeness (QED) is 0.850. The van der Waals surface area contributed by atoms with E-state index in [0.717, 1.165) is 19.7 Å². The number of hydrogen-bond donors (Lipinski definition) is 0. The molecule has 0 N–H and O–H groups in total. The van der Waals surface area contributed by atoms with Crippen LogP contribution in [0, 0.1) is 0 Å². The summed E-state index contributed by atoms with van der Waals surface area (Å²) in [5.41, 5.74) is 1.50. The molecular weight excluding hydrogens is 262 g/mol. The van der Waals surface area contributed by atoms with Crippen molar-refractivity contribution in [3.63, 3.8) is 0 Å². The second-order valence-corrected chi connectivity index (χ2v) is 6.48. The molecule has 2 nitrogen and oxygen atoms in total. The van der Waals surface area contributed by atoms with E-state index in [9.17, 15) is 0 Å². The van der Waals surface area contributed by atoms with Gasteiger partial charge in [-0.2, -0.15) is 0 Å². The van der Waals surface area contributed by atoms with E-state index in [0.29, 0.717) is 6.04 Å². The molecule has 0 fully saturated rings. The molecule has 1 aliphatic heterocycles. The Labute approximate surface area is 116 Å². The molecule has 0 spiro atoms. The second-order valence-electron chi connectivity index (χ2n) is 4.50. The third kappa shape index (κ3) is 2.26. The van der Waals surface area contributed by atoms with Crippen molar-refractivity contribution >= 4 is 22.7 Å². The van der Waals surface area contributed by atoms with Crippen LogP contribution in [0.15, 0.2) is 29.0 Å². The van der Waals surface area contributed by atoms with Gasteiger partial charge >= 0.3 is 0 Å². The zero-order valence-corrected chi connectivity index (χ0v) is 12.1. The molecule has 0 aromatic carbocycles. The average molecular weight is 279 g/mol. The molecule has 2 aromatic heterocycles. The summed E-state index contributed by atoms with van der Waals surface area (Å²) >= 11 is 3.75. The van der Waals surface area contributed by atoms with Crippen molar-refractivity contribution in [1.29, 1.82) is 0 Å². The number of ether oxygens (including phenoxy) is 1. The first-order valence-corrected chi connectivity index (χ1v) is 7.98. The van der Waals surface area contributed by atoms with E-state index in [4.69, 9.17) is 4.74 Å². The third-order valence-electron chi connectivity index (χ3n) is 3.46. The van der Waals surface area contributed by atoms with Gasteiger partial charge in [0.2, 0.25) is 0 Å². The molecule has 1 aliphatic rings. The van der Waals surface area contributed by atoms with Crippen LogP contribution in [0.4, 0.5) is 0 Å². The van der Waals surface area contributed by atoms with Gasteiger partial charge in [-0.25, -0.2) is 0 Å². The fourth-order valence-corrected chi connectivity index (χ4v) is 4.38. The van der Waals surface area contributed by atoms with Crippen LogP contribution in [0.1, 0.15) is 21.4 Å². The van der Waals surface area contributed by atoms with E-state index < -0.39 is 0 Å². The lowest BCUT2D eigenvalue weighted by atomic mass is 9.98. The molecule has 3 heterocycles. The van der Waals surface area contributed by atoms with Gasteiger partial charge in [0.15, 0.2) is 0 Å². The molecule has 1 atom stereocenters. The molecule has 0 aliphatic carbocycles. The summed E-state index contributed by atoms with van der Waals surface area (Å²) in [6.07, 6.45) is 1.18. The maximum Gasteiger partial charge on any atom is 0.0707 e. The molecule has 0 bridgehead atoms. The summed E-state index contributed by atoms with van der Waals surface area (Å²) < 4.78 is 5.24. The van der Waals surface area contributed by atoms with Crippen molar-refractivity contribution in [2.75, 3.05) is 26.8 Å². The van der Waals surface area contributed by atoms with Gasteiger partial charge in [-0.3, -0.25) is 4.90 Å². The highest BCUT2D eigenvalue weighted by Gasteiger charge is 2.29. The molecule has 0 saturated carbocycles. The predicted octanol–water partition coefficient (Wildman–Crippen LogP) is 3.40. The second kappa shape index (κ2) is 5.53. The van der Waals surface area contributed by atoms with Gasteiger partial charge < -0.3 is 4.74 Å². The van der Waals surface area contributed by atoms with Crippen molar-refractivity contribution in [3.05, 3.63) is 44.3 Å². The molecule has 96 valence electrons. The number of thiophene rings is 2. The lowest BCUT2D eigenvalue weighted by Gasteiger charge is -2.35. The Morgan fingerprint density at radius 1 is 1.33 bits per heavy atom. The molecule has 4 heteroatoms. The zero-order chi connectivity index (χ0) is 12.4. The highest BCUT2D eigenvalue weighted by Crippen LogP contribution is 2.39. The lowest BCUT2D eigenvalue weighted by Crippen LogP contribution is -2.37. The predicted molar refractivity (Wildman–Crippen MR) is 77.6 cm³/mol. The fraction of sp³-hybridized carbons (Fsp3) is 0.429. The molecule has 0 unspecified atom stereocenters. The standard InChI is InChI=1S/C14H17NOS2/c1-16-8-7-15-6-4-12-11(5-10-18-12)14(15)13-3-2-9-17-13/h2-3,5,9-10,14H,4,6-8H2,1H3/t14-/m0/s1. The Balaban J connectivity index is 1.92. The summed E-state index contributed by atoms with van der Waals surface area (Å²) in [5.74, 6) is 0. The van der Waals surface area contributed by atoms with Crippen LogP contribution >= 0.6 is 22.7 Å². The highest BCUT2D eigenvalue weighted by atomic mass is 32.1.